The third-order valence-electron chi connectivity index (χ3n) is 2.95. The smallest absolute Gasteiger partial charge is 0.269 e. The van der Waals surface area contributed by atoms with Crippen molar-refractivity contribution in [3.8, 4) is 0 Å². The highest BCUT2D eigenvalue weighted by Crippen LogP contribution is 2.16. The monoisotopic (exact) mass is 363 g/mol. The van der Waals surface area contributed by atoms with Gasteiger partial charge in [-0.3, -0.25) is 14.9 Å². The summed E-state index contributed by atoms with van der Waals surface area (Å²) in [6.45, 7) is 0. The molecule has 0 saturated heterocycles. The van der Waals surface area contributed by atoms with E-state index in [1.54, 1.807) is 24.3 Å². The molecule has 2 aromatic rings. The standard InChI is InChI=1S/C16H14ClN3O3S/c17-15-4-2-1-3-13(15)9-18-19-16(21)11-24-10-12-5-7-14(8-6-12)20(22)23/h1-9H,10-11H2,(H,19,21)/b18-9-. The Kier molecular flexibility index (Phi) is 6.77. The zero-order chi connectivity index (χ0) is 17.4. The second-order valence-electron chi connectivity index (χ2n) is 4.73. The molecule has 1 N–H and O–H groups in total. The fourth-order valence-corrected chi connectivity index (χ4v) is 2.73. The van der Waals surface area contributed by atoms with Gasteiger partial charge in [-0.05, 0) is 11.6 Å². The summed E-state index contributed by atoms with van der Waals surface area (Å²) in [7, 11) is 0. The van der Waals surface area contributed by atoms with Crippen molar-refractivity contribution in [2.24, 2.45) is 5.10 Å². The van der Waals surface area contributed by atoms with Gasteiger partial charge in [-0.25, -0.2) is 5.43 Å². The first-order chi connectivity index (χ1) is 11.6. The minimum absolute atomic E-state index is 0.0513. The summed E-state index contributed by atoms with van der Waals surface area (Å²) < 4.78 is 0. The summed E-state index contributed by atoms with van der Waals surface area (Å²) in [5.74, 6) is 0.585. The molecular formula is C16H14ClN3O3S. The number of halogens is 1. The number of carbonyl (C=O) groups excluding carboxylic acids is 1. The lowest BCUT2D eigenvalue weighted by Crippen LogP contribution is -2.19. The van der Waals surface area contributed by atoms with Gasteiger partial charge in [0.25, 0.3) is 5.69 Å². The summed E-state index contributed by atoms with van der Waals surface area (Å²) in [5, 5.41) is 15.0. The topological polar surface area (TPSA) is 84.6 Å². The molecule has 2 aromatic carbocycles. The van der Waals surface area contributed by atoms with Crippen molar-refractivity contribution in [2.75, 3.05) is 5.75 Å². The molecule has 0 atom stereocenters. The Bertz CT molecular complexity index is 750. The third kappa shape index (κ3) is 5.68. The Morgan fingerprint density at radius 1 is 1.25 bits per heavy atom. The minimum Gasteiger partial charge on any atom is -0.272 e. The van der Waals surface area contributed by atoms with Crippen LogP contribution in [0.4, 0.5) is 5.69 Å². The normalized spacial score (nSPS) is 10.7. The van der Waals surface area contributed by atoms with Crippen molar-refractivity contribution in [1.82, 2.24) is 5.43 Å². The van der Waals surface area contributed by atoms with Crippen LogP contribution >= 0.6 is 23.4 Å². The van der Waals surface area contributed by atoms with Gasteiger partial charge in [-0.15, -0.1) is 11.8 Å². The van der Waals surface area contributed by atoms with Gasteiger partial charge in [-0.2, -0.15) is 5.10 Å². The van der Waals surface area contributed by atoms with Gasteiger partial charge in [0.1, 0.15) is 0 Å². The van der Waals surface area contributed by atoms with Crippen molar-refractivity contribution >= 4 is 41.2 Å². The van der Waals surface area contributed by atoms with Crippen LogP contribution in [-0.2, 0) is 10.5 Å². The maximum atomic E-state index is 11.7. The lowest BCUT2D eigenvalue weighted by atomic mass is 10.2. The molecule has 2 rings (SSSR count). The van der Waals surface area contributed by atoms with Crippen molar-refractivity contribution in [3.05, 3.63) is 74.8 Å². The molecular weight excluding hydrogens is 350 g/mol. The second kappa shape index (κ2) is 9.05. The number of benzene rings is 2. The molecule has 24 heavy (non-hydrogen) atoms. The van der Waals surface area contributed by atoms with E-state index in [4.69, 9.17) is 11.6 Å². The number of nitro benzene ring substituents is 1. The van der Waals surface area contributed by atoms with E-state index in [1.807, 2.05) is 12.1 Å². The van der Waals surface area contributed by atoms with E-state index < -0.39 is 4.92 Å². The van der Waals surface area contributed by atoms with Crippen LogP contribution in [-0.4, -0.2) is 22.8 Å². The number of nitro groups is 1. The zero-order valence-corrected chi connectivity index (χ0v) is 14.1. The van der Waals surface area contributed by atoms with Crippen molar-refractivity contribution in [3.63, 3.8) is 0 Å². The molecule has 124 valence electrons. The van der Waals surface area contributed by atoms with Crippen molar-refractivity contribution in [1.29, 1.82) is 0 Å². The number of amides is 1. The van der Waals surface area contributed by atoms with E-state index in [2.05, 4.69) is 10.5 Å². The summed E-state index contributed by atoms with van der Waals surface area (Å²) in [5.41, 5.74) is 4.12. The van der Waals surface area contributed by atoms with E-state index in [0.29, 0.717) is 10.8 Å². The summed E-state index contributed by atoms with van der Waals surface area (Å²) in [6.07, 6.45) is 1.49. The molecule has 6 nitrogen and oxygen atoms in total. The Hall–Kier alpha value is -2.38. The van der Waals surface area contributed by atoms with E-state index in [1.165, 1.54) is 30.1 Å². The van der Waals surface area contributed by atoms with E-state index in [-0.39, 0.29) is 17.3 Å². The molecule has 0 bridgehead atoms. The molecule has 0 aliphatic rings. The maximum Gasteiger partial charge on any atom is 0.269 e. The van der Waals surface area contributed by atoms with Gasteiger partial charge >= 0.3 is 0 Å². The molecule has 0 aliphatic carbocycles. The number of rotatable bonds is 7. The highest BCUT2D eigenvalue weighted by molar-refractivity contribution is 7.99. The van der Waals surface area contributed by atoms with Crippen LogP contribution in [0.3, 0.4) is 0 Å². The largest absolute Gasteiger partial charge is 0.272 e. The fraction of sp³-hybridized carbons (Fsp3) is 0.125. The first-order valence-corrected chi connectivity index (χ1v) is 8.47. The minimum atomic E-state index is -0.443. The number of hydrogen-bond acceptors (Lipinski definition) is 5. The number of non-ortho nitro benzene ring substituents is 1. The van der Waals surface area contributed by atoms with Gasteiger partial charge in [0.05, 0.1) is 16.9 Å². The number of carbonyl (C=O) groups is 1. The van der Waals surface area contributed by atoms with Crippen LogP contribution in [0.1, 0.15) is 11.1 Å². The summed E-state index contributed by atoms with van der Waals surface area (Å²) in [6, 6.07) is 13.4. The van der Waals surface area contributed by atoms with Gasteiger partial charge in [0.2, 0.25) is 5.91 Å². The number of thioether (sulfide) groups is 1. The lowest BCUT2D eigenvalue weighted by molar-refractivity contribution is -0.384. The molecule has 0 aromatic heterocycles. The zero-order valence-electron chi connectivity index (χ0n) is 12.5. The molecule has 0 heterocycles. The SMILES string of the molecule is O=C(CSCc1ccc([N+](=O)[O-])cc1)N/N=C\c1ccccc1Cl. The molecule has 0 fully saturated rings. The average molecular weight is 364 g/mol. The average Bonchev–Trinajstić information content (AvgIpc) is 2.57. The number of hydrazone groups is 1. The second-order valence-corrected chi connectivity index (χ2v) is 6.12. The molecule has 0 saturated carbocycles. The molecule has 0 radical (unpaired) electrons. The third-order valence-corrected chi connectivity index (χ3v) is 4.30. The van der Waals surface area contributed by atoms with Crippen LogP contribution in [0.5, 0.6) is 0 Å². The molecule has 0 unspecified atom stereocenters. The maximum absolute atomic E-state index is 11.7. The Morgan fingerprint density at radius 3 is 2.62 bits per heavy atom. The number of nitrogens with one attached hydrogen (secondary N) is 1. The van der Waals surface area contributed by atoms with Crippen LogP contribution < -0.4 is 5.43 Å². The molecule has 0 aliphatic heterocycles. The number of nitrogens with zero attached hydrogens (tertiary/aromatic N) is 2. The summed E-state index contributed by atoms with van der Waals surface area (Å²) >= 11 is 7.37. The highest BCUT2D eigenvalue weighted by atomic mass is 35.5. The van der Waals surface area contributed by atoms with Crippen LogP contribution in [0, 0.1) is 10.1 Å². The first kappa shape index (κ1) is 18.0. The molecule has 8 heteroatoms. The predicted octanol–water partition coefficient (Wildman–Crippen LogP) is 3.63. The van der Waals surface area contributed by atoms with Crippen LogP contribution in [0.2, 0.25) is 5.02 Å². The fourth-order valence-electron chi connectivity index (χ4n) is 1.76. The van der Waals surface area contributed by atoms with Crippen LogP contribution in [0.25, 0.3) is 0 Å². The van der Waals surface area contributed by atoms with E-state index >= 15 is 0 Å². The van der Waals surface area contributed by atoms with Crippen LogP contribution in [0.15, 0.2) is 53.6 Å². The Balaban J connectivity index is 1.73. The Morgan fingerprint density at radius 2 is 1.96 bits per heavy atom. The van der Waals surface area contributed by atoms with Gasteiger partial charge in [0.15, 0.2) is 0 Å². The van der Waals surface area contributed by atoms with Crippen molar-refractivity contribution in [2.45, 2.75) is 5.75 Å². The quantitative estimate of drug-likeness (QED) is 0.462. The van der Waals surface area contributed by atoms with Gasteiger partial charge in [-0.1, -0.05) is 41.9 Å². The highest BCUT2D eigenvalue weighted by Gasteiger charge is 2.05. The van der Waals surface area contributed by atoms with Crippen molar-refractivity contribution < 1.29 is 9.72 Å². The molecule has 0 spiro atoms. The first-order valence-electron chi connectivity index (χ1n) is 6.94. The number of hydrogen-bond donors (Lipinski definition) is 1. The van der Waals surface area contributed by atoms with Gasteiger partial charge in [0, 0.05) is 28.5 Å². The molecule has 1 amide bonds. The summed E-state index contributed by atoms with van der Waals surface area (Å²) in [4.78, 5) is 21.8. The predicted molar refractivity (Wildman–Crippen MR) is 96.4 cm³/mol. The Labute approximate surface area is 148 Å². The van der Waals surface area contributed by atoms with E-state index in [9.17, 15) is 14.9 Å². The van der Waals surface area contributed by atoms with E-state index in [0.717, 1.165) is 11.1 Å². The van der Waals surface area contributed by atoms with Gasteiger partial charge < -0.3 is 0 Å². The lowest BCUT2D eigenvalue weighted by Gasteiger charge is -2.02.